The van der Waals surface area contributed by atoms with Crippen molar-refractivity contribution in [1.82, 2.24) is 5.32 Å². The van der Waals surface area contributed by atoms with E-state index < -0.39 is 0 Å². The summed E-state index contributed by atoms with van der Waals surface area (Å²) >= 11 is 9.67. The van der Waals surface area contributed by atoms with Crippen LogP contribution in [0, 0.1) is 11.8 Å². The van der Waals surface area contributed by atoms with Crippen LogP contribution in [0.25, 0.3) is 0 Å². The van der Waals surface area contributed by atoms with Gasteiger partial charge in [0.15, 0.2) is 0 Å². The molecule has 1 fully saturated rings. The molecule has 100 valence electrons. The van der Waals surface area contributed by atoms with Crippen molar-refractivity contribution in [3.05, 3.63) is 33.3 Å². The first-order valence-electron chi connectivity index (χ1n) is 6.73. The molecule has 0 radical (unpaired) electrons. The molecular weight excluding hydrogens is 310 g/mol. The average molecular weight is 331 g/mol. The lowest BCUT2D eigenvalue weighted by atomic mass is 9.80. The SMILES string of the molecule is CC1CCC(NCc2ccc(Br)cc2Cl)C(C)C1. The maximum atomic E-state index is 6.24. The molecule has 1 aliphatic rings. The Morgan fingerprint density at radius 3 is 2.78 bits per heavy atom. The van der Waals surface area contributed by atoms with E-state index in [0.717, 1.165) is 27.9 Å². The summed E-state index contributed by atoms with van der Waals surface area (Å²) in [5, 5.41) is 4.51. The molecule has 1 aromatic rings. The van der Waals surface area contributed by atoms with Gasteiger partial charge < -0.3 is 5.32 Å². The van der Waals surface area contributed by atoms with Crippen LogP contribution in [0.15, 0.2) is 22.7 Å². The van der Waals surface area contributed by atoms with Crippen LogP contribution >= 0.6 is 27.5 Å². The molecule has 3 atom stereocenters. The quantitative estimate of drug-likeness (QED) is 0.821. The lowest BCUT2D eigenvalue weighted by molar-refractivity contribution is 0.227. The Labute approximate surface area is 123 Å². The van der Waals surface area contributed by atoms with Gasteiger partial charge in [0.1, 0.15) is 0 Å². The van der Waals surface area contributed by atoms with E-state index in [4.69, 9.17) is 11.6 Å². The smallest absolute Gasteiger partial charge is 0.0462 e. The highest BCUT2D eigenvalue weighted by Crippen LogP contribution is 2.29. The van der Waals surface area contributed by atoms with Crippen molar-refractivity contribution in [1.29, 1.82) is 0 Å². The third-order valence-electron chi connectivity index (χ3n) is 4.00. The van der Waals surface area contributed by atoms with Gasteiger partial charge in [-0.25, -0.2) is 0 Å². The molecular formula is C15H21BrClN. The van der Waals surface area contributed by atoms with Crippen LogP contribution in [-0.4, -0.2) is 6.04 Å². The van der Waals surface area contributed by atoms with Crippen molar-refractivity contribution in [2.24, 2.45) is 11.8 Å². The molecule has 18 heavy (non-hydrogen) atoms. The molecule has 0 bridgehead atoms. The van der Waals surface area contributed by atoms with E-state index in [1.54, 1.807) is 0 Å². The van der Waals surface area contributed by atoms with E-state index in [-0.39, 0.29) is 0 Å². The Hall–Kier alpha value is -0.0500. The van der Waals surface area contributed by atoms with Gasteiger partial charge in [-0.05, 0) is 48.8 Å². The molecule has 1 saturated carbocycles. The zero-order chi connectivity index (χ0) is 13.1. The Bertz CT molecular complexity index is 407. The second kappa shape index (κ2) is 6.40. The predicted octanol–water partition coefficient (Wildman–Crippen LogP) is 5.02. The summed E-state index contributed by atoms with van der Waals surface area (Å²) in [4.78, 5) is 0. The van der Waals surface area contributed by atoms with Gasteiger partial charge in [0.2, 0.25) is 0 Å². The topological polar surface area (TPSA) is 12.0 Å². The minimum atomic E-state index is 0.640. The molecule has 0 amide bonds. The largest absolute Gasteiger partial charge is 0.310 e. The zero-order valence-electron chi connectivity index (χ0n) is 11.0. The molecule has 0 aromatic heterocycles. The van der Waals surface area contributed by atoms with Gasteiger partial charge in [-0.1, -0.05) is 47.4 Å². The third kappa shape index (κ3) is 3.72. The molecule has 3 heteroatoms. The van der Waals surface area contributed by atoms with Gasteiger partial charge >= 0.3 is 0 Å². The fourth-order valence-corrected chi connectivity index (χ4v) is 3.61. The van der Waals surface area contributed by atoms with Crippen molar-refractivity contribution in [2.45, 2.75) is 45.7 Å². The van der Waals surface area contributed by atoms with E-state index in [2.05, 4.69) is 47.2 Å². The molecule has 0 spiro atoms. The molecule has 2 rings (SSSR count). The number of rotatable bonds is 3. The van der Waals surface area contributed by atoms with E-state index in [0.29, 0.717) is 6.04 Å². The molecule has 1 aromatic carbocycles. The molecule has 0 saturated heterocycles. The minimum Gasteiger partial charge on any atom is -0.310 e. The van der Waals surface area contributed by atoms with Gasteiger partial charge in [0.05, 0.1) is 0 Å². The van der Waals surface area contributed by atoms with E-state index in [1.807, 2.05) is 6.07 Å². The first-order valence-corrected chi connectivity index (χ1v) is 7.90. The van der Waals surface area contributed by atoms with Crippen molar-refractivity contribution in [3.63, 3.8) is 0 Å². The zero-order valence-corrected chi connectivity index (χ0v) is 13.4. The van der Waals surface area contributed by atoms with Crippen LogP contribution in [0.1, 0.15) is 38.7 Å². The number of hydrogen-bond acceptors (Lipinski definition) is 1. The molecule has 1 nitrogen and oxygen atoms in total. The van der Waals surface area contributed by atoms with Crippen molar-refractivity contribution in [3.8, 4) is 0 Å². The van der Waals surface area contributed by atoms with Crippen molar-refractivity contribution < 1.29 is 0 Å². The number of halogens is 2. The standard InChI is InChI=1S/C15H21BrClN/c1-10-3-6-15(11(2)7-10)18-9-12-4-5-13(16)8-14(12)17/h4-5,8,10-11,15,18H,3,6-7,9H2,1-2H3. The summed E-state index contributed by atoms with van der Waals surface area (Å²) in [6.45, 7) is 5.59. The number of benzene rings is 1. The van der Waals surface area contributed by atoms with E-state index >= 15 is 0 Å². The Morgan fingerprint density at radius 1 is 1.33 bits per heavy atom. The summed E-state index contributed by atoms with van der Waals surface area (Å²) in [5.74, 6) is 1.65. The van der Waals surface area contributed by atoms with Crippen LogP contribution in [0.4, 0.5) is 0 Å². The Morgan fingerprint density at radius 2 is 2.11 bits per heavy atom. The van der Waals surface area contributed by atoms with Crippen LogP contribution in [0.5, 0.6) is 0 Å². The Kier molecular flexibility index (Phi) is 5.11. The minimum absolute atomic E-state index is 0.640. The summed E-state index contributed by atoms with van der Waals surface area (Å²) in [6, 6.07) is 6.75. The Balaban J connectivity index is 1.91. The normalized spacial score (nSPS) is 28.3. The maximum Gasteiger partial charge on any atom is 0.0462 e. The van der Waals surface area contributed by atoms with Gasteiger partial charge in [0, 0.05) is 22.1 Å². The lowest BCUT2D eigenvalue weighted by Gasteiger charge is -2.33. The van der Waals surface area contributed by atoms with Gasteiger partial charge in [-0.2, -0.15) is 0 Å². The molecule has 1 aliphatic carbocycles. The maximum absolute atomic E-state index is 6.24. The average Bonchev–Trinajstić information content (AvgIpc) is 2.30. The third-order valence-corrected chi connectivity index (χ3v) is 4.85. The van der Waals surface area contributed by atoms with Crippen molar-refractivity contribution >= 4 is 27.5 Å². The summed E-state index contributed by atoms with van der Waals surface area (Å²) in [6.07, 6.45) is 3.97. The highest BCUT2D eigenvalue weighted by molar-refractivity contribution is 9.10. The fourth-order valence-electron chi connectivity index (χ4n) is 2.87. The number of hydrogen-bond donors (Lipinski definition) is 1. The fraction of sp³-hybridized carbons (Fsp3) is 0.600. The van der Waals surface area contributed by atoms with Crippen LogP contribution in [0.3, 0.4) is 0 Å². The van der Waals surface area contributed by atoms with Crippen LogP contribution < -0.4 is 5.32 Å². The van der Waals surface area contributed by atoms with Crippen LogP contribution in [0.2, 0.25) is 5.02 Å². The first kappa shape index (κ1) is 14.4. The molecule has 3 unspecified atom stereocenters. The van der Waals surface area contributed by atoms with Crippen molar-refractivity contribution in [2.75, 3.05) is 0 Å². The van der Waals surface area contributed by atoms with Gasteiger partial charge in [0.25, 0.3) is 0 Å². The highest BCUT2D eigenvalue weighted by atomic mass is 79.9. The number of nitrogens with one attached hydrogen (secondary N) is 1. The molecule has 1 N–H and O–H groups in total. The van der Waals surface area contributed by atoms with E-state index in [9.17, 15) is 0 Å². The molecule has 0 heterocycles. The monoisotopic (exact) mass is 329 g/mol. The molecule has 0 aliphatic heterocycles. The summed E-state index contributed by atoms with van der Waals surface area (Å²) in [7, 11) is 0. The van der Waals surface area contributed by atoms with Gasteiger partial charge in [-0.15, -0.1) is 0 Å². The second-order valence-corrected chi connectivity index (χ2v) is 6.94. The van der Waals surface area contributed by atoms with Gasteiger partial charge in [-0.3, -0.25) is 0 Å². The summed E-state index contributed by atoms with van der Waals surface area (Å²) < 4.78 is 1.04. The summed E-state index contributed by atoms with van der Waals surface area (Å²) in [5.41, 5.74) is 1.19. The lowest BCUT2D eigenvalue weighted by Crippen LogP contribution is -2.38. The highest BCUT2D eigenvalue weighted by Gasteiger charge is 2.24. The first-order chi connectivity index (χ1) is 8.56. The van der Waals surface area contributed by atoms with Crippen LogP contribution in [-0.2, 0) is 6.54 Å². The van der Waals surface area contributed by atoms with E-state index in [1.165, 1.54) is 24.8 Å². The second-order valence-electron chi connectivity index (χ2n) is 5.62. The predicted molar refractivity (Wildman–Crippen MR) is 82.0 cm³/mol.